The fourth-order valence-electron chi connectivity index (χ4n) is 2.83. The lowest BCUT2D eigenvalue weighted by atomic mass is 10.2. The summed E-state index contributed by atoms with van der Waals surface area (Å²) < 4.78 is 3.35. The predicted octanol–water partition coefficient (Wildman–Crippen LogP) is 4.04. The number of aromatic nitrogens is 1. The van der Waals surface area contributed by atoms with E-state index in [2.05, 4.69) is 62.0 Å². The van der Waals surface area contributed by atoms with E-state index in [1.165, 1.54) is 3.57 Å². The fourth-order valence-corrected chi connectivity index (χ4v) is 3.19. The minimum atomic E-state index is -0.328. The summed E-state index contributed by atoms with van der Waals surface area (Å²) in [6.45, 7) is 4.08. The maximum Gasteiger partial charge on any atom is 0.273 e. The molecule has 0 spiro atoms. The lowest BCUT2D eigenvalue weighted by Crippen LogP contribution is -2.19. The fraction of sp³-hybridized carbons (Fsp3) is 0.100. The predicted molar refractivity (Wildman–Crippen MR) is 114 cm³/mol. The molecule has 26 heavy (non-hydrogen) atoms. The van der Waals surface area contributed by atoms with Crippen molar-refractivity contribution < 1.29 is 4.79 Å². The molecule has 0 fully saturated rings. The number of benzene rings is 2. The van der Waals surface area contributed by atoms with Crippen LogP contribution in [0.2, 0.25) is 0 Å². The van der Waals surface area contributed by atoms with Gasteiger partial charge in [-0.15, -0.1) is 0 Å². The number of para-hydroxylation sites is 1. The molecule has 0 saturated heterocycles. The summed E-state index contributed by atoms with van der Waals surface area (Å²) in [6, 6.07) is 17.3. The van der Waals surface area contributed by atoms with Gasteiger partial charge in [0.25, 0.3) is 5.91 Å². The summed E-state index contributed by atoms with van der Waals surface area (Å²) in [4.78, 5) is 12.2. The van der Waals surface area contributed by atoms with Gasteiger partial charge in [0.15, 0.2) is 0 Å². The third kappa shape index (κ3) is 3.80. The second kappa shape index (κ2) is 7.74. The maximum atomic E-state index is 12.2. The summed E-state index contributed by atoms with van der Waals surface area (Å²) >= 11 is 2.29. The van der Waals surface area contributed by atoms with Crippen molar-refractivity contribution in [3.63, 3.8) is 0 Å². The summed E-state index contributed by atoms with van der Waals surface area (Å²) in [5, 5.41) is 4.09. The highest BCUT2D eigenvalue weighted by Gasteiger charge is 2.10. The molecule has 6 heteroatoms. The van der Waals surface area contributed by atoms with Crippen molar-refractivity contribution in [2.45, 2.75) is 13.8 Å². The Morgan fingerprint density at radius 3 is 2.54 bits per heavy atom. The highest BCUT2D eigenvalue weighted by atomic mass is 127. The Kier molecular flexibility index (Phi) is 5.41. The SMILES string of the molecule is Cc1cc(/C=N\NC(=O)c2ccccc2N)c(C)n1-c1ccc(I)cc1. The number of nitrogen functional groups attached to an aromatic ring is 1. The number of nitrogens with one attached hydrogen (secondary N) is 1. The molecule has 2 aromatic carbocycles. The molecular formula is C20H19IN4O. The molecule has 132 valence electrons. The number of amides is 1. The number of hydrazone groups is 1. The Morgan fingerprint density at radius 1 is 1.15 bits per heavy atom. The van der Waals surface area contributed by atoms with Gasteiger partial charge in [-0.2, -0.15) is 5.10 Å². The molecule has 1 heterocycles. The first-order valence-electron chi connectivity index (χ1n) is 8.10. The largest absolute Gasteiger partial charge is 0.398 e. The van der Waals surface area contributed by atoms with Gasteiger partial charge in [0.05, 0.1) is 11.8 Å². The minimum absolute atomic E-state index is 0.328. The van der Waals surface area contributed by atoms with E-state index in [1.807, 2.05) is 19.9 Å². The van der Waals surface area contributed by atoms with Crippen LogP contribution in [-0.4, -0.2) is 16.7 Å². The lowest BCUT2D eigenvalue weighted by Gasteiger charge is -2.09. The van der Waals surface area contributed by atoms with Crippen molar-refractivity contribution in [3.8, 4) is 5.69 Å². The Morgan fingerprint density at radius 2 is 1.85 bits per heavy atom. The zero-order valence-corrected chi connectivity index (χ0v) is 16.7. The number of carbonyl (C=O) groups excluding carboxylic acids is 1. The highest BCUT2D eigenvalue weighted by molar-refractivity contribution is 14.1. The summed E-state index contributed by atoms with van der Waals surface area (Å²) in [7, 11) is 0. The van der Waals surface area contributed by atoms with Crippen LogP contribution in [0.15, 0.2) is 59.7 Å². The molecule has 1 amide bonds. The summed E-state index contributed by atoms with van der Waals surface area (Å²) in [5.74, 6) is -0.328. The molecule has 0 atom stereocenters. The molecule has 0 radical (unpaired) electrons. The number of nitrogens with two attached hydrogens (primary N) is 1. The molecule has 0 unspecified atom stereocenters. The van der Waals surface area contributed by atoms with Gasteiger partial charge in [-0.25, -0.2) is 5.43 Å². The normalized spacial score (nSPS) is 11.0. The van der Waals surface area contributed by atoms with Crippen molar-refractivity contribution in [2.75, 3.05) is 5.73 Å². The van der Waals surface area contributed by atoms with Crippen LogP contribution < -0.4 is 11.2 Å². The van der Waals surface area contributed by atoms with Crippen LogP contribution in [0.25, 0.3) is 5.69 Å². The first-order valence-corrected chi connectivity index (χ1v) is 9.18. The van der Waals surface area contributed by atoms with Crippen LogP contribution in [0.5, 0.6) is 0 Å². The van der Waals surface area contributed by atoms with E-state index in [0.29, 0.717) is 11.3 Å². The zero-order valence-electron chi connectivity index (χ0n) is 14.5. The van der Waals surface area contributed by atoms with Crippen molar-refractivity contribution in [3.05, 3.63) is 80.7 Å². The van der Waals surface area contributed by atoms with Gasteiger partial charge >= 0.3 is 0 Å². The van der Waals surface area contributed by atoms with Gasteiger partial charge in [0.2, 0.25) is 0 Å². The van der Waals surface area contributed by atoms with Crippen LogP contribution in [0.4, 0.5) is 5.69 Å². The molecule has 0 saturated carbocycles. The van der Waals surface area contributed by atoms with Crippen molar-refractivity contribution >= 4 is 40.4 Å². The third-order valence-electron chi connectivity index (χ3n) is 4.13. The van der Waals surface area contributed by atoms with Gasteiger partial charge in [0, 0.05) is 31.9 Å². The van der Waals surface area contributed by atoms with Gasteiger partial charge < -0.3 is 10.3 Å². The lowest BCUT2D eigenvalue weighted by molar-refractivity contribution is 0.0956. The summed E-state index contributed by atoms with van der Waals surface area (Å²) in [5.41, 5.74) is 13.4. The van der Waals surface area contributed by atoms with E-state index in [-0.39, 0.29) is 5.91 Å². The van der Waals surface area contributed by atoms with Crippen LogP contribution in [0.3, 0.4) is 0 Å². The number of hydrogen-bond acceptors (Lipinski definition) is 3. The average molecular weight is 458 g/mol. The van der Waals surface area contributed by atoms with E-state index in [0.717, 1.165) is 22.6 Å². The van der Waals surface area contributed by atoms with Crippen molar-refractivity contribution in [1.29, 1.82) is 0 Å². The monoisotopic (exact) mass is 458 g/mol. The number of halogens is 1. The third-order valence-corrected chi connectivity index (χ3v) is 4.85. The molecule has 0 aliphatic carbocycles. The highest BCUT2D eigenvalue weighted by Crippen LogP contribution is 2.20. The Balaban J connectivity index is 1.79. The van der Waals surface area contributed by atoms with Crippen molar-refractivity contribution in [1.82, 2.24) is 9.99 Å². The smallest absolute Gasteiger partial charge is 0.273 e. The topological polar surface area (TPSA) is 72.4 Å². The Bertz CT molecular complexity index is 974. The standard InChI is InChI=1S/C20H19IN4O/c1-13-11-15(14(2)25(13)17-9-7-16(21)8-10-17)12-23-24-20(26)18-5-3-4-6-19(18)22/h3-12H,22H2,1-2H3,(H,24,26)/b23-12-. The zero-order chi connectivity index (χ0) is 18.7. The molecule has 3 N–H and O–H groups in total. The van der Waals surface area contributed by atoms with E-state index < -0.39 is 0 Å². The second-order valence-corrected chi connectivity index (χ2v) is 7.17. The quantitative estimate of drug-likeness (QED) is 0.268. The number of anilines is 1. The Hall–Kier alpha value is -2.61. The van der Waals surface area contributed by atoms with Crippen LogP contribution in [0, 0.1) is 17.4 Å². The molecule has 0 bridgehead atoms. The van der Waals surface area contributed by atoms with Gasteiger partial charge in [-0.1, -0.05) is 12.1 Å². The van der Waals surface area contributed by atoms with Crippen LogP contribution in [-0.2, 0) is 0 Å². The first kappa shape index (κ1) is 18.2. The maximum absolute atomic E-state index is 12.2. The van der Waals surface area contributed by atoms with Crippen LogP contribution in [0.1, 0.15) is 27.3 Å². The molecule has 5 nitrogen and oxygen atoms in total. The number of carbonyl (C=O) groups is 1. The Labute approximate surface area is 166 Å². The number of rotatable bonds is 4. The summed E-state index contributed by atoms with van der Waals surface area (Å²) in [6.07, 6.45) is 1.66. The molecule has 1 aromatic heterocycles. The van der Waals surface area contributed by atoms with E-state index >= 15 is 0 Å². The molecule has 0 aliphatic heterocycles. The first-order chi connectivity index (χ1) is 12.5. The van der Waals surface area contributed by atoms with Crippen molar-refractivity contribution in [2.24, 2.45) is 5.10 Å². The van der Waals surface area contributed by atoms with E-state index in [9.17, 15) is 4.79 Å². The average Bonchev–Trinajstić information content (AvgIpc) is 2.90. The van der Waals surface area contributed by atoms with Gasteiger partial charge in [-0.3, -0.25) is 4.79 Å². The van der Waals surface area contributed by atoms with E-state index in [1.54, 1.807) is 30.5 Å². The van der Waals surface area contributed by atoms with Gasteiger partial charge in [-0.05, 0) is 78.9 Å². The van der Waals surface area contributed by atoms with Crippen LogP contribution >= 0.6 is 22.6 Å². The number of aryl methyl sites for hydroxylation is 1. The second-order valence-electron chi connectivity index (χ2n) is 5.92. The molecule has 0 aliphatic rings. The van der Waals surface area contributed by atoms with E-state index in [4.69, 9.17) is 5.73 Å². The molecular weight excluding hydrogens is 439 g/mol. The minimum Gasteiger partial charge on any atom is -0.398 e. The van der Waals surface area contributed by atoms with Gasteiger partial charge in [0.1, 0.15) is 0 Å². The number of hydrogen-bond donors (Lipinski definition) is 2. The molecule has 3 aromatic rings. The molecule has 3 rings (SSSR count). The number of nitrogens with zero attached hydrogens (tertiary/aromatic N) is 2.